The fourth-order valence-corrected chi connectivity index (χ4v) is 2.80. The molecule has 8 heteroatoms. The molecule has 1 saturated heterocycles. The molecule has 3 rings (SSSR count). The molecule has 1 aliphatic heterocycles. The van der Waals surface area contributed by atoms with E-state index >= 15 is 0 Å². The largest absolute Gasteiger partial charge is 0.446 e. The second-order valence-electron chi connectivity index (χ2n) is 5.56. The van der Waals surface area contributed by atoms with Crippen molar-refractivity contribution in [1.82, 2.24) is 14.4 Å². The number of hydrazone groups is 1. The first-order valence-electron chi connectivity index (χ1n) is 8.37. The number of pyridine rings is 1. The number of amides is 1. The number of ether oxygens (including phenoxy) is 1. The predicted octanol–water partition coefficient (Wildman–Crippen LogP) is 1.52. The highest BCUT2D eigenvalue weighted by Gasteiger charge is 2.21. The maximum Gasteiger partial charge on any atom is 0.430 e. The van der Waals surface area contributed by atoms with Crippen molar-refractivity contribution in [3.63, 3.8) is 0 Å². The van der Waals surface area contributed by atoms with Gasteiger partial charge in [0.05, 0.1) is 12.1 Å². The topological polar surface area (TPSA) is 79.5 Å². The molecule has 0 saturated carbocycles. The summed E-state index contributed by atoms with van der Waals surface area (Å²) in [5, 5.41) is 5.37. The Bertz CT molecular complexity index is 857. The summed E-state index contributed by atoms with van der Waals surface area (Å²) in [6, 6.07) is 5.46. The lowest BCUT2D eigenvalue weighted by molar-refractivity contribution is 0.159. The standard InChI is InChI=1S/C17H21N5O3/c1-3-20(4-2)15-13(8-9-18-22-11-12-25-17(22)24)16(23)21-10-6-5-7-14(21)19-15/h5-7,9-10H,3-4,8,11-12H2,1-2H3/b18-9-. The molecule has 1 amide bonds. The fourth-order valence-electron chi connectivity index (χ4n) is 2.80. The van der Waals surface area contributed by atoms with Gasteiger partial charge in [0.15, 0.2) is 0 Å². The average molecular weight is 343 g/mol. The zero-order chi connectivity index (χ0) is 17.8. The summed E-state index contributed by atoms with van der Waals surface area (Å²) in [4.78, 5) is 31.0. The van der Waals surface area contributed by atoms with Gasteiger partial charge in [-0.25, -0.2) is 9.78 Å². The minimum atomic E-state index is -0.464. The Morgan fingerprint density at radius 2 is 2.12 bits per heavy atom. The fraction of sp³-hybridized carbons (Fsp3) is 0.412. The number of fused-ring (bicyclic) bond motifs is 1. The molecule has 1 aliphatic rings. The van der Waals surface area contributed by atoms with E-state index < -0.39 is 6.09 Å². The van der Waals surface area contributed by atoms with Crippen LogP contribution in [0, 0.1) is 0 Å². The maximum absolute atomic E-state index is 12.9. The van der Waals surface area contributed by atoms with Crippen LogP contribution in [0.3, 0.4) is 0 Å². The van der Waals surface area contributed by atoms with E-state index in [9.17, 15) is 9.59 Å². The van der Waals surface area contributed by atoms with Gasteiger partial charge in [-0.05, 0) is 26.0 Å². The summed E-state index contributed by atoms with van der Waals surface area (Å²) in [5.41, 5.74) is 1.05. The first-order valence-corrected chi connectivity index (χ1v) is 8.37. The van der Waals surface area contributed by atoms with Gasteiger partial charge in [-0.15, -0.1) is 0 Å². The van der Waals surface area contributed by atoms with Crippen molar-refractivity contribution in [3.05, 3.63) is 40.3 Å². The number of rotatable bonds is 6. The number of hydrogen-bond donors (Lipinski definition) is 0. The summed E-state index contributed by atoms with van der Waals surface area (Å²) in [6.45, 7) is 6.30. The number of hydrogen-bond acceptors (Lipinski definition) is 6. The molecule has 132 valence electrons. The van der Waals surface area contributed by atoms with E-state index in [1.54, 1.807) is 18.5 Å². The van der Waals surface area contributed by atoms with Crippen LogP contribution in [0.25, 0.3) is 5.65 Å². The van der Waals surface area contributed by atoms with Gasteiger partial charge in [-0.2, -0.15) is 10.1 Å². The quantitative estimate of drug-likeness (QED) is 0.743. The van der Waals surface area contributed by atoms with Crippen LogP contribution in [0.4, 0.5) is 10.6 Å². The molecule has 0 N–H and O–H groups in total. The molecular formula is C17H21N5O3. The van der Waals surface area contributed by atoms with Crippen molar-refractivity contribution in [2.24, 2.45) is 5.10 Å². The number of aromatic nitrogens is 2. The SMILES string of the molecule is CCN(CC)c1nc2ccccn2c(=O)c1C/C=N\N1CCOC1=O. The van der Waals surface area contributed by atoms with E-state index in [0.29, 0.717) is 36.6 Å². The third kappa shape index (κ3) is 3.33. The van der Waals surface area contributed by atoms with Gasteiger partial charge >= 0.3 is 6.09 Å². The molecule has 0 atom stereocenters. The first-order chi connectivity index (χ1) is 12.2. The van der Waals surface area contributed by atoms with E-state index in [-0.39, 0.29) is 5.56 Å². The molecule has 8 nitrogen and oxygen atoms in total. The molecule has 2 aromatic heterocycles. The Morgan fingerprint density at radius 1 is 1.32 bits per heavy atom. The van der Waals surface area contributed by atoms with Crippen molar-refractivity contribution in [2.45, 2.75) is 20.3 Å². The van der Waals surface area contributed by atoms with Crippen LogP contribution in [0.2, 0.25) is 0 Å². The van der Waals surface area contributed by atoms with Crippen LogP contribution in [0.5, 0.6) is 0 Å². The Balaban J connectivity index is 2.00. The normalized spacial score (nSPS) is 14.5. The Morgan fingerprint density at radius 3 is 2.80 bits per heavy atom. The molecule has 0 aromatic carbocycles. The van der Waals surface area contributed by atoms with Crippen LogP contribution in [0.15, 0.2) is 34.3 Å². The van der Waals surface area contributed by atoms with Crippen molar-refractivity contribution >= 4 is 23.8 Å². The van der Waals surface area contributed by atoms with E-state index in [1.165, 1.54) is 9.41 Å². The van der Waals surface area contributed by atoms with Gasteiger partial charge in [0.25, 0.3) is 5.56 Å². The van der Waals surface area contributed by atoms with Crippen LogP contribution >= 0.6 is 0 Å². The number of nitrogens with zero attached hydrogens (tertiary/aromatic N) is 5. The van der Waals surface area contributed by atoms with Gasteiger partial charge in [-0.1, -0.05) is 6.07 Å². The van der Waals surface area contributed by atoms with E-state index in [1.807, 2.05) is 30.9 Å². The summed E-state index contributed by atoms with van der Waals surface area (Å²) < 4.78 is 6.36. The molecule has 0 unspecified atom stereocenters. The first kappa shape index (κ1) is 16.9. The zero-order valence-electron chi connectivity index (χ0n) is 14.4. The molecule has 0 spiro atoms. The molecule has 1 fully saturated rings. The van der Waals surface area contributed by atoms with Gasteiger partial charge in [0.1, 0.15) is 18.1 Å². The molecule has 0 radical (unpaired) electrons. The van der Waals surface area contributed by atoms with Crippen LogP contribution < -0.4 is 10.5 Å². The molecule has 25 heavy (non-hydrogen) atoms. The molecular weight excluding hydrogens is 322 g/mol. The van der Waals surface area contributed by atoms with E-state index in [2.05, 4.69) is 10.1 Å². The second kappa shape index (κ2) is 7.33. The summed E-state index contributed by atoms with van der Waals surface area (Å²) in [5.74, 6) is 0.664. The van der Waals surface area contributed by atoms with Crippen molar-refractivity contribution < 1.29 is 9.53 Å². The minimum absolute atomic E-state index is 0.122. The highest BCUT2D eigenvalue weighted by molar-refractivity contribution is 5.72. The monoisotopic (exact) mass is 343 g/mol. The lowest BCUT2D eigenvalue weighted by Gasteiger charge is -2.22. The summed E-state index contributed by atoms with van der Waals surface area (Å²) in [6.07, 6.45) is 3.09. The zero-order valence-corrected chi connectivity index (χ0v) is 14.4. The van der Waals surface area contributed by atoms with E-state index in [0.717, 1.165) is 13.1 Å². The van der Waals surface area contributed by atoms with Gasteiger partial charge in [0, 0.05) is 31.9 Å². The number of carbonyl (C=O) groups is 1. The van der Waals surface area contributed by atoms with Crippen molar-refractivity contribution in [3.8, 4) is 0 Å². The van der Waals surface area contributed by atoms with Gasteiger partial charge < -0.3 is 9.64 Å². The molecule has 2 aromatic rings. The Kier molecular flexibility index (Phi) is 4.97. The third-order valence-electron chi connectivity index (χ3n) is 4.12. The highest BCUT2D eigenvalue weighted by atomic mass is 16.6. The lowest BCUT2D eigenvalue weighted by atomic mass is 10.2. The molecule has 3 heterocycles. The van der Waals surface area contributed by atoms with Crippen LogP contribution in [-0.2, 0) is 11.2 Å². The van der Waals surface area contributed by atoms with Gasteiger partial charge in [-0.3, -0.25) is 9.20 Å². The molecule has 0 aliphatic carbocycles. The Labute approximate surface area is 145 Å². The second-order valence-corrected chi connectivity index (χ2v) is 5.56. The summed E-state index contributed by atoms with van der Waals surface area (Å²) in [7, 11) is 0. The maximum atomic E-state index is 12.9. The molecule has 0 bridgehead atoms. The van der Waals surface area contributed by atoms with Crippen molar-refractivity contribution in [2.75, 3.05) is 31.1 Å². The van der Waals surface area contributed by atoms with Crippen LogP contribution in [-0.4, -0.2) is 52.9 Å². The smallest absolute Gasteiger partial charge is 0.430 e. The average Bonchev–Trinajstić information content (AvgIpc) is 3.03. The van der Waals surface area contributed by atoms with Gasteiger partial charge in [0.2, 0.25) is 0 Å². The number of carbonyl (C=O) groups excluding carboxylic acids is 1. The number of cyclic esters (lactones) is 1. The predicted molar refractivity (Wildman–Crippen MR) is 95.3 cm³/mol. The van der Waals surface area contributed by atoms with Crippen molar-refractivity contribution in [1.29, 1.82) is 0 Å². The lowest BCUT2D eigenvalue weighted by Crippen LogP contribution is -2.30. The minimum Gasteiger partial charge on any atom is -0.446 e. The Hall–Kier alpha value is -2.90. The third-order valence-corrected chi connectivity index (χ3v) is 4.12. The summed E-state index contributed by atoms with van der Waals surface area (Å²) >= 11 is 0. The highest BCUT2D eigenvalue weighted by Crippen LogP contribution is 2.16. The van der Waals surface area contributed by atoms with Crippen LogP contribution in [0.1, 0.15) is 19.4 Å². The van der Waals surface area contributed by atoms with E-state index in [4.69, 9.17) is 4.74 Å². The number of anilines is 1.